The van der Waals surface area contributed by atoms with E-state index < -0.39 is 0 Å². The van der Waals surface area contributed by atoms with Gasteiger partial charge in [-0.05, 0) is 48.9 Å². The number of anilines is 1. The Bertz CT molecular complexity index is 1230. The molecule has 35 heavy (non-hydrogen) atoms. The van der Waals surface area contributed by atoms with Gasteiger partial charge < -0.3 is 14.4 Å². The predicted molar refractivity (Wildman–Crippen MR) is 137 cm³/mol. The maximum Gasteiger partial charge on any atom is 0.232 e. The number of rotatable bonds is 8. The Labute approximate surface area is 210 Å². The smallest absolute Gasteiger partial charge is 0.232 e. The van der Waals surface area contributed by atoms with E-state index in [4.69, 9.17) is 26.1 Å². The molecule has 1 saturated heterocycles. The van der Waals surface area contributed by atoms with Crippen LogP contribution in [0, 0.1) is 23.7 Å². The lowest BCUT2D eigenvalue weighted by Gasteiger charge is -2.36. The third-order valence-corrected chi connectivity index (χ3v) is 6.82. The summed E-state index contributed by atoms with van der Waals surface area (Å²) < 4.78 is 11.5. The van der Waals surface area contributed by atoms with Gasteiger partial charge >= 0.3 is 0 Å². The molecule has 7 nitrogen and oxygen atoms in total. The van der Waals surface area contributed by atoms with Crippen LogP contribution in [0.1, 0.15) is 18.1 Å². The van der Waals surface area contributed by atoms with E-state index in [0.717, 1.165) is 47.3 Å². The zero-order valence-electron chi connectivity index (χ0n) is 19.8. The topological polar surface area (TPSA) is 74.5 Å². The van der Waals surface area contributed by atoms with Gasteiger partial charge in [-0.2, -0.15) is 10.2 Å². The van der Waals surface area contributed by atoms with Crippen LogP contribution in [-0.4, -0.2) is 54.2 Å². The van der Waals surface area contributed by atoms with Crippen molar-refractivity contribution in [1.29, 1.82) is 5.26 Å². The molecule has 178 valence electrons. The monoisotopic (exact) mass is 485 g/mol. The van der Waals surface area contributed by atoms with Gasteiger partial charge in [0.2, 0.25) is 11.8 Å². The highest BCUT2D eigenvalue weighted by Crippen LogP contribution is 2.35. The van der Waals surface area contributed by atoms with E-state index in [9.17, 15) is 0 Å². The summed E-state index contributed by atoms with van der Waals surface area (Å²) in [5.41, 5.74) is 1.60. The zero-order chi connectivity index (χ0) is 24.6. The first-order valence-corrected chi connectivity index (χ1v) is 12.2. The second-order valence-corrected chi connectivity index (χ2v) is 9.20. The van der Waals surface area contributed by atoms with Gasteiger partial charge in [-0.15, -0.1) is 6.42 Å². The fourth-order valence-electron chi connectivity index (χ4n) is 3.73. The molecule has 1 aromatic heterocycles. The summed E-state index contributed by atoms with van der Waals surface area (Å²) in [7, 11) is 1.65. The molecule has 0 radical (unpaired) electrons. The highest BCUT2D eigenvalue weighted by molar-refractivity contribution is 7.99. The maximum atomic E-state index is 9.07. The lowest BCUT2D eigenvalue weighted by atomic mass is 10.2. The number of hydrogen-bond donors (Lipinski definition) is 0. The third kappa shape index (κ3) is 6.24. The van der Waals surface area contributed by atoms with Gasteiger partial charge in [-0.3, -0.25) is 4.90 Å². The summed E-state index contributed by atoms with van der Waals surface area (Å²) in [6, 6.07) is 17.5. The van der Waals surface area contributed by atoms with E-state index in [1.54, 1.807) is 19.2 Å². The van der Waals surface area contributed by atoms with Crippen molar-refractivity contribution in [3.63, 3.8) is 0 Å². The van der Waals surface area contributed by atoms with Gasteiger partial charge in [0.15, 0.2) is 0 Å². The van der Waals surface area contributed by atoms with Crippen molar-refractivity contribution < 1.29 is 9.47 Å². The number of aromatic nitrogens is 2. The average molecular weight is 486 g/mol. The first kappa shape index (κ1) is 24.4. The van der Waals surface area contributed by atoms with Crippen LogP contribution < -0.4 is 14.4 Å². The lowest BCUT2D eigenvalue weighted by molar-refractivity contribution is 0.231. The fraction of sp³-hybridized carbons (Fsp3) is 0.296. The minimum Gasteiger partial charge on any atom is -0.497 e. The van der Waals surface area contributed by atoms with E-state index in [-0.39, 0.29) is 6.04 Å². The first-order valence-electron chi connectivity index (χ1n) is 11.4. The van der Waals surface area contributed by atoms with Crippen LogP contribution in [0.15, 0.2) is 64.5 Å². The minimum absolute atomic E-state index is 0.117. The lowest BCUT2D eigenvalue weighted by Crippen LogP contribution is -2.49. The van der Waals surface area contributed by atoms with E-state index in [1.807, 2.05) is 49.5 Å². The third-order valence-electron chi connectivity index (χ3n) is 5.82. The Morgan fingerprint density at radius 1 is 1.14 bits per heavy atom. The number of nitrogens with zero attached hydrogens (tertiary/aromatic N) is 5. The Hall–Kier alpha value is -3.72. The van der Waals surface area contributed by atoms with Crippen LogP contribution in [0.3, 0.4) is 0 Å². The second-order valence-electron chi connectivity index (χ2n) is 8.08. The second kappa shape index (κ2) is 11.6. The molecule has 1 atom stereocenters. The summed E-state index contributed by atoms with van der Waals surface area (Å²) in [4.78, 5) is 15.7. The molecule has 0 bridgehead atoms. The quantitative estimate of drug-likeness (QED) is 0.439. The summed E-state index contributed by atoms with van der Waals surface area (Å²) in [5, 5.41) is 9.07. The molecule has 4 rings (SSSR count). The molecule has 1 aliphatic rings. The summed E-state index contributed by atoms with van der Waals surface area (Å²) in [6.07, 6.45) is 7.40. The minimum atomic E-state index is 0.117. The van der Waals surface area contributed by atoms with Crippen LogP contribution in [0.4, 0.5) is 5.95 Å². The van der Waals surface area contributed by atoms with E-state index in [2.05, 4.69) is 26.8 Å². The van der Waals surface area contributed by atoms with Crippen LogP contribution in [-0.2, 0) is 6.61 Å². The normalized spacial score (nSPS) is 14.6. The Morgan fingerprint density at radius 3 is 2.60 bits per heavy atom. The van der Waals surface area contributed by atoms with Crippen LogP contribution in [0.2, 0.25) is 0 Å². The highest BCUT2D eigenvalue weighted by atomic mass is 32.2. The molecular weight excluding hydrogens is 458 g/mol. The maximum absolute atomic E-state index is 9.07. The SMILES string of the molecule is C#CC(C)N1CCN(c2ncc(Sc3ccc(C#N)cc3)c(OCc3cccc(OC)c3)n2)CC1. The number of benzene rings is 2. The fourth-order valence-corrected chi connectivity index (χ4v) is 4.55. The van der Waals surface area contributed by atoms with Gasteiger partial charge in [-0.25, -0.2) is 4.98 Å². The van der Waals surface area contributed by atoms with Gasteiger partial charge in [0.05, 0.1) is 35.9 Å². The van der Waals surface area contributed by atoms with Crippen LogP contribution >= 0.6 is 11.8 Å². The molecular formula is C27H27N5O2S. The van der Waals surface area contributed by atoms with Crippen molar-refractivity contribution in [3.05, 3.63) is 65.9 Å². The van der Waals surface area contributed by atoms with Crippen molar-refractivity contribution in [1.82, 2.24) is 14.9 Å². The van der Waals surface area contributed by atoms with E-state index in [1.165, 1.54) is 11.8 Å². The standard InChI is InChI=1S/C27H27N5O2S/c1-4-20(2)31-12-14-32(15-13-31)27-29-18-25(35-24-10-8-21(17-28)9-11-24)26(30-27)34-19-22-6-5-7-23(16-22)33-3/h1,5-11,16,18,20H,12-15,19H2,2-3H3. The van der Waals surface area contributed by atoms with Crippen molar-refractivity contribution in [3.8, 4) is 30.0 Å². The number of ether oxygens (including phenoxy) is 2. The van der Waals surface area contributed by atoms with E-state index in [0.29, 0.717) is 24.0 Å². The van der Waals surface area contributed by atoms with Gasteiger partial charge in [0.1, 0.15) is 12.4 Å². The van der Waals surface area contributed by atoms with Crippen LogP contribution in [0.5, 0.6) is 11.6 Å². The summed E-state index contributed by atoms with van der Waals surface area (Å²) >= 11 is 1.51. The molecule has 0 aliphatic carbocycles. The number of methoxy groups -OCH3 is 1. The number of hydrogen-bond acceptors (Lipinski definition) is 8. The zero-order valence-corrected chi connectivity index (χ0v) is 20.7. The van der Waals surface area contributed by atoms with Crippen molar-refractivity contribution in [2.24, 2.45) is 0 Å². The molecule has 0 saturated carbocycles. The molecule has 0 amide bonds. The Balaban J connectivity index is 1.55. The van der Waals surface area contributed by atoms with Crippen molar-refractivity contribution in [2.45, 2.75) is 29.4 Å². The molecule has 2 heterocycles. The molecule has 3 aromatic rings. The molecule has 0 N–H and O–H groups in total. The Kier molecular flexibility index (Phi) is 8.10. The van der Waals surface area contributed by atoms with Crippen molar-refractivity contribution in [2.75, 3.05) is 38.2 Å². The first-order chi connectivity index (χ1) is 17.1. The molecule has 1 aliphatic heterocycles. The summed E-state index contributed by atoms with van der Waals surface area (Å²) in [5.74, 6) is 4.74. The van der Waals surface area contributed by atoms with Gasteiger partial charge in [0, 0.05) is 31.1 Å². The summed E-state index contributed by atoms with van der Waals surface area (Å²) in [6.45, 7) is 5.70. The van der Waals surface area contributed by atoms with E-state index >= 15 is 0 Å². The van der Waals surface area contributed by atoms with Gasteiger partial charge in [0.25, 0.3) is 0 Å². The molecule has 2 aromatic carbocycles. The number of piperazine rings is 1. The largest absolute Gasteiger partial charge is 0.497 e. The molecule has 0 spiro atoms. The number of terminal acetylenes is 1. The molecule has 8 heteroatoms. The van der Waals surface area contributed by atoms with Gasteiger partial charge in [-0.1, -0.05) is 29.8 Å². The molecule has 1 unspecified atom stereocenters. The predicted octanol–water partition coefficient (Wildman–Crippen LogP) is 4.23. The highest BCUT2D eigenvalue weighted by Gasteiger charge is 2.23. The molecule has 1 fully saturated rings. The average Bonchev–Trinajstić information content (AvgIpc) is 2.92. The van der Waals surface area contributed by atoms with Crippen molar-refractivity contribution >= 4 is 17.7 Å². The Morgan fingerprint density at radius 2 is 1.91 bits per heavy atom. The van der Waals surface area contributed by atoms with Crippen LogP contribution in [0.25, 0.3) is 0 Å². The number of nitriles is 1.